The van der Waals surface area contributed by atoms with E-state index >= 15 is 0 Å². The smallest absolute Gasteiger partial charge is 0.0450 e. The molecular weight excluding hydrogens is 134 g/mol. The van der Waals surface area contributed by atoms with Crippen LogP contribution >= 0.6 is 0 Å². The predicted molar refractivity (Wildman–Crippen MR) is 49.5 cm³/mol. The second kappa shape index (κ2) is 3.81. The summed E-state index contributed by atoms with van der Waals surface area (Å²) in [4.78, 5) is 3.13. The Labute approximate surface area is 66.8 Å². The van der Waals surface area contributed by atoms with Crippen LogP contribution in [0.25, 0.3) is 12.2 Å². The number of aromatic amines is 1. The van der Waals surface area contributed by atoms with Gasteiger partial charge in [0.1, 0.15) is 0 Å². The minimum absolute atomic E-state index is 1.07. The Morgan fingerprint density at radius 3 is 3.09 bits per heavy atom. The number of hydrogen-bond acceptors (Lipinski definition) is 0. The van der Waals surface area contributed by atoms with Crippen LogP contribution in [-0.2, 0) is 0 Å². The third-order valence-electron chi connectivity index (χ3n) is 1.52. The molecule has 0 unspecified atom stereocenters. The van der Waals surface area contributed by atoms with Crippen LogP contribution in [0.2, 0.25) is 0 Å². The Balaban J connectivity index is 3.27. The zero-order valence-corrected chi connectivity index (χ0v) is 6.80. The number of H-pyrrole nitrogens is 1. The molecule has 0 saturated carbocycles. The average molecular weight is 147 g/mol. The van der Waals surface area contributed by atoms with Crippen LogP contribution in [-0.4, -0.2) is 4.98 Å². The molecule has 0 radical (unpaired) electrons. The number of nitrogens with one attached hydrogen (secondary N) is 1. The van der Waals surface area contributed by atoms with E-state index in [1.54, 1.807) is 6.08 Å². The first-order valence-electron chi connectivity index (χ1n) is 3.84. The van der Waals surface area contributed by atoms with Gasteiger partial charge in [0.25, 0.3) is 0 Å². The topological polar surface area (TPSA) is 15.8 Å². The molecule has 1 aromatic heterocycles. The lowest BCUT2D eigenvalue weighted by molar-refractivity contribution is 1.27. The van der Waals surface area contributed by atoms with E-state index in [2.05, 4.69) is 30.6 Å². The molecule has 0 aliphatic heterocycles. The molecule has 1 N–H and O–H groups in total. The quantitative estimate of drug-likeness (QED) is 0.646. The third-order valence-corrected chi connectivity index (χ3v) is 1.52. The minimum atomic E-state index is 1.07. The Kier molecular flexibility index (Phi) is 2.73. The van der Waals surface area contributed by atoms with Crippen molar-refractivity contribution >= 4 is 12.2 Å². The van der Waals surface area contributed by atoms with Crippen LogP contribution in [0.15, 0.2) is 24.9 Å². The molecule has 58 valence electrons. The maximum atomic E-state index is 3.65. The van der Waals surface area contributed by atoms with Crippen LogP contribution in [0.4, 0.5) is 0 Å². The molecule has 1 heterocycles. The Hall–Kier alpha value is -1.24. The molecule has 0 aromatic carbocycles. The van der Waals surface area contributed by atoms with Gasteiger partial charge >= 0.3 is 0 Å². The summed E-state index contributed by atoms with van der Waals surface area (Å²) in [5.74, 6) is 0. The molecule has 0 spiro atoms. The highest BCUT2D eigenvalue weighted by Gasteiger charge is 1.81. The van der Waals surface area contributed by atoms with E-state index < -0.39 is 0 Å². The summed E-state index contributed by atoms with van der Waals surface area (Å²) in [7, 11) is 0. The van der Waals surface area contributed by atoms with Crippen molar-refractivity contribution in [2.24, 2.45) is 0 Å². The van der Waals surface area contributed by atoms with Crippen LogP contribution in [0.3, 0.4) is 0 Å². The van der Waals surface area contributed by atoms with Crippen molar-refractivity contribution in [1.82, 2.24) is 4.98 Å². The molecule has 0 atom stereocenters. The highest BCUT2D eigenvalue weighted by molar-refractivity contribution is 5.35. The van der Waals surface area contributed by atoms with Gasteiger partial charge in [-0.2, -0.15) is 0 Å². The van der Waals surface area contributed by atoms with Crippen molar-refractivity contribution < 1.29 is 0 Å². The monoisotopic (exact) mass is 147 g/mol. The zero-order valence-electron chi connectivity index (χ0n) is 6.80. The molecule has 0 bridgehead atoms. The van der Waals surface area contributed by atoms with Gasteiger partial charge in [0.2, 0.25) is 0 Å². The Morgan fingerprint density at radius 1 is 1.64 bits per heavy atom. The van der Waals surface area contributed by atoms with Crippen molar-refractivity contribution in [2.75, 3.05) is 0 Å². The van der Waals surface area contributed by atoms with E-state index in [0.29, 0.717) is 0 Å². The summed E-state index contributed by atoms with van der Waals surface area (Å²) >= 11 is 0. The normalized spacial score (nSPS) is 13.9. The zero-order chi connectivity index (χ0) is 8.10. The van der Waals surface area contributed by atoms with Gasteiger partial charge in [0.05, 0.1) is 0 Å². The summed E-state index contributed by atoms with van der Waals surface area (Å²) in [6.45, 7) is 5.78. The maximum absolute atomic E-state index is 3.65. The van der Waals surface area contributed by atoms with Crippen LogP contribution in [0.5, 0.6) is 0 Å². The molecule has 1 aromatic rings. The van der Waals surface area contributed by atoms with Crippen LogP contribution in [0, 0.1) is 0 Å². The van der Waals surface area contributed by atoms with Crippen molar-refractivity contribution in [3.8, 4) is 0 Å². The summed E-state index contributed by atoms with van der Waals surface area (Å²) in [5.41, 5.74) is 0. The highest BCUT2D eigenvalue weighted by Crippen LogP contribution is 1.74. The summed E-state index contributed by atoms with van der Waals surface area (Å²) in [6.07, 6.45) is 8.96. The Bertz CT molecular complexity index is 330. The maximum Gasteiger partial charge on any atom is 0.0450 e. The first kappa shape index (κ1) is 7.86. The molecular formula is C10H13N. The van der Waals surface area contributed by atoms with Gasteiger partial charge in [0, 0.05) is 11.5 Å². The molecule has 11 heavy (non-hydrogen) atoms. The first-order chi connectivity index (χ1) is 5.38. The van der Waals surface area contributed by atoms with E-state index in [1.165, 1.54) is 5.22 Å². The fourth-order valence-corrected chi connectivity index (χ4v) is 1.05. The van der Waals surface area contributed by atoms with Crippen molar-refractivity contribution in [3.05, 3.63) is 35.5 Å². The fraction of sp³-hybridized carbons (Fsp3) is 0.200. The van der Waals surface area contributed by atoms with Crippen LogP contribution in [0.1, 0.15) is 13.3 Å². The second-order valence-corrected chi connectivity index (χ2v) is 2.36. The van der Waals surface area contributed by atoms with Gasteiger partial charge in [-0.1, -0.05) is 25.7 Å². The lowest BCUT2D eigenvalue weighted by Gasteiger charge is -1.77. The minimum Gasteiger partial charge on any atom is -0.361 e. The molecule has 0 aliphatic carbocycles. The molecule has 1 rings (SSSR count). The second-order valence-electron chi connectivity index (χ2n) is 2.36. The SMILES string of the molecule is C=C/C=c1/[nH]cc/c1=C/CC. The van der Waals surface area contributed by atoms with E-state index in [0.717, 1.165) is 11.8 Å². The van der Waals surface area contributed by atoms with Gasteiger partial charge in [0.15, 0.2) is 0 Å². The van der Waals surface area contributed by atoms with E-state index in [4.69, 9.17) is 0 Å². The predicted octanol–water partition coefficient (Wildman–Crippen LogP) is 1.17. The lowest BCUT2D eigenvalue weighted by Crippen LogP contribution is -2.21. The number of aromatic nitrogens is 1. The summed E-state index contributed by atoms with van der Waals surface area (Å²) < 4.78 is 0. The molecule has 0 saturated heterocycles. The summed E-state index contributed by atoms with van der Waals surface area (Å²) in [6, 6.07) is 2.07. The standard InChI is InChI=1S/C10H13N/c1-3-5-9-7-8-11-10(9)6-4-2/h4-8,11H,2-3H2,1H3/b9-5-,10-6+. The number of rotatable bonds is 2. The number of allylic oxidation sites excluding steroid dienone is 1. The largest absolute Gasteiger partial charge is 0.361 e. The van der Waals surface area contributed by atoms with Gasteiger partial charge in [-0.3, -0.25) is 0 Å². The lowest BCUT2D eigenvalue weighted by atomic mass is 10.3. The van der Waals surface area contributed by atoms with Gasteiger partial charge < -0.3 is 4.98 Å². The van der Waals surface area contributed by atoms with E-state index in [-0.39, 0.29) is 0 Å². The molecule has 0 fully saturated rings. The molecule has 1 heteroatoms. The van der Waals surface area contributed by atoms with Crippen molar-refractivity contribution in [2.45, 2.75) is 13.3 Å². The van der Waals surface area contributed by atoms with E-state index in [9.17, 15) is 0 Å². The molecule has 0 aliphatic rings. The fourth-order valence-electron chi connectivity index (χ4n) is 1.05. The third kappa shape index (κ3) is 1.84. The van der Waals surface area contributed by atoms with E-state index in [1.807, 2.05) is 12.3 Å². The molecule has 1 nitrogen and oxygen atoms in total. The summed E-state index contributed by atoms with van der Waals surface area (Å²) in [5, 5.41) is 2.40. The first-order valence-corrected chi connectivity index (χ1v) is 3.84. The molecule has 0 amide bonds. The van der Waals surface area contributed by atoms with Gasteiger partial charge in [-0.15, -0.1) is 0 Å². The van der Waals surface area contributed by atoms with Crippen molar-refractivity contribution in [1.29, 1.82) is 0 Å². The number of hydrogen-bond donors (Lipinski definition) is 1. The van der Waals surface area contributed by atoms with Gasteiger partial charge in [-0.05, 0) is 23.8 Å². The Morgan fingerprint density at radius 2 is 2.45 bits per heavy atom. The average Bonchev–Trinajstić information content (AvgIpc) is 2.39. The van der Waals surface area contributed by atoms with Crippen molar-refractivity contribution in [3.63, 3.8) is 0 Å². The highest BCUT2D eigenvalue weighted by atomic mass is 14.6. The van der Waals surface area contributed by atoms with Gasteiger partial charge in [-0.25, -0.2) is 0 Å². The van der Waals surface area contributed by atoms with Crippen LogP contribution < -0.4 is 10.6 Å².